The Labute approximate surface area is 66.8 Å². The van der Waals surface area contributed by atoms with Gasteiger partial charge in [0.15, 0.2) is 0 Å². The molecule has 2 aliphatic rings. The quantitative estimate of drug-likeness (QED) is 0.621. The molecule has 10 heavy (non-hydrogen) atoms. The van der Waals surface area contributed by atoms with E-state index in [1.165, 1.54) is 12.8 Å². The van der Waals surface area contributed by atoms with E-state index in [0.717, 1.165) is 13.0 Å². The highest BCUT2D eigenvalue weighted by molar-refractivity contribution is 5.85. The third kappa shape index (κ3) is 1.43. The zero-order valence-electron chi connectivity index (χ0n) is 5.85. The fourth-order valence-corrected chi connectivity index (χ4v) is 1.61. The molecule has 1 saturated heterocycles. The van der Waals surface area contributed by atoms with Crippen LogP contribution in [0.25, 0.3) is 0 Å². The van der Waals surface area contributed by atoms with E-state index in [2.05, 4.69) is 5.32 Å². The molecule has 1 nitrogen and oxygen atoms in total. The highest BCUT2D eigenvalue weighted by atomic mass is 35.5. The van der Waals surface area contributed by atoms with E-state index in [-0.39, 0.29) is 18.4 Å². The Bertz CT molecular complexity index is 116. The molecule has 1 N–H and O–H groups in total. The molecule has 2 atom stereocenters. The van der Waals surface area contributed by atoms with Gasteiger partial charge >= 0.3 is 0 Å². The number of hydrogen-bond acceptors (Lipinski definition) is 1. The van der Waals surface area contributed by atoms with Crippen LogP contribution in [0.15, 0.2) is 0 Å². The number of alkyl halides is 1. The van der Waals surface area contributed by atoms with Crippen LogP contribution in [-0.4, -0.2) is 18.8 Å². The van der Waals surface area contributed by atoms with E-state index in [4.69, 9.17) is 0 Å². The van der Waals surface area contributed by atoms with Gasteiger partial charge in [-0.15, -0.1) is 12.4 Å². The van der Waals surface area contributed by atoms with Crippen molar-refractivity contribution in [2.75, 3.05) is 6.54 Å². The van der Waals surface area contributed by atoms with Crippen molar-refractivity contribution in [2.45, 2.75) is 31.5 Å². The van der Waals surface area contributed by atoms with Crippen LogP contribution in [-0.2, 0) is 0 Å². The molecule has 0 aromatic rings. The van der Waals surface area contributed by atoms with Crippen LogP contribution in [0, 0.1) is 5.92 Å². The molecule has 1 aliphatic heterocycles. The van der Waals surface area contributed by atoms with Gasteiger partial charge in [-0.25, -0.2) is 4.39 Å². The van der Waals surface area contributed by atoms with Crippen LogP contribution in [0.3, 0.4) is 0 Å². The summed E-state index contributed by atoms with van der Waals surface area (Å²) in [6.45, 7) is 0.891. The molecule has 2 fully saturated rings. The highest BCUT2D eigenvalue weighted by Crippen LogP contribution is 2.37. The van der Waals surface area contributed by atoms with Gasteiger partial charge in [0.05, 0.1) is 0 Å². The van der Waals surface area contributed by atoms with Gasteiger partial charge in [-0.1, -0.05) is 0 Å². The second-order valence-electron chi connectivity index (χ2n) is 3.12. The Morgan fingerprint density at radius 1 is 1.20 bits per heavy atom. The zero-order valence-corrected chi connectivity index (χ0v) is 6.66. The smallest absolute Gasteiger partial charge is 0.117 e. The molecule has 0 spiro atoms. The summed E-state index contributed by atoms with van der Waals surface area (Å²) >= 11 is 0. The summed E-state index contributed by atoms with van der Waals surface area (Å²) in [5, 5.41) is 3.19. The van der Waals surface area contributed by atoms with Gasteiger partial charge in [0, 0.05) is 6.04 Å². The van der Waals surface area contributed by atoms with E-state index >= 15 is 0 Å². The topological polar surface area (TPSA) is 12.0 Å². The maximum Gasteiger partial charge on any atom is 0.117 e. The van der Waals surface area contributed by atoms with E-state index in [1.54, 1.807) is 0 Å². The summed E-state index contributed by atoms with van der Waals surface area (Å²) in [6, 6.07) is 0.227. The second kappa shape index (κ2) is 3.05. The van der Waals surface area contributed by atoms with Crippen LogP contribution in [0.4, 0.5) is 4.39 Å². The lowest BCUT2D eigenvalue weighted by Gasteiger charge is -2.09. The largest absolute Gasteiger partial charge is 0.311 e. The monoisotopic (exact) mass is 165 g/mol. The summed E-state index contributed by atoms with van der Waals surface area (Å²) in [6.07, 6.45) is 2.69. The van der Waals surface area contributed by atoms with Gasteiger partial charge < -0.3 is 5.32 Å². The van der Waals surface area contributed by atoms with Gasteiger partial charge in [-0.3, -0.25) is 0 Å². The first-order valence-electron chi connectivity index (χ1n) is 3.75. The summed E-state index contributed by atoms with van der Waals surface area (Å²) in [7, 11) is 0. The molecule has 0 aromatic carbocycles. The van der Waals surface area contributed by atoms with Crippen molar-refractivity contribution in [2.24, 2.45) is 5.92 Å². The number of halogens is 2. The maximum absolute atomic E-state index is 12.8. The summed E-state index contributed by atoms with van der Waals surface area (Å²) in [5.41, 5.74) is 0. The molecule has 1 saturated carbocycles. The average Bonchev–Trinajstić information content (AvgIpc) is 2.58. The second-order valence-corrected chi connectivity index (χ2v) is 3.12. The Balaban J connectivity index is 0.000000500. The van der Waals surface area contributed by atoms with Gasteiger partial charge in [-0.2, -0.15) is 0 Å². The fourth-order valence-electron chi connectivity index (χ4n) is 1.61. The van der Waals surface area contributed by atoms with E-state index in [9.17, 15) is 4.39 Å². The molecule has 2 unspecified atom stereocenters. The first-order chi connectivity index (χ1) is 4.38. The van der Waals surface area contributed by atoms with Crippen LogP contribution >= 0.6 is 12.4 Å². The van der Waals surface area contributed by atoms with Crippen LogP contribution in [0.5, 0.6) is 0 Å². The SMILES string of the molecule is Cl.FC1CCNC1C1CC1. The molecule has 0 radical (unpaired) electrons. The Morgan fingerprint density at radius 2 is 1.90 bits per heavy atom. The molecule has 1 heterocycles. The molecular weight excluding hydrogens is 153 g/mol. The molecule has 3 heteroatoms. The minimum Gasteiger partial charge on any atom is -0.311 e. The minimum atomic E-state index is -0.544. The maximum atomic E-state index is 12.8. The molecule has 0 bridgehead atoms. The van der Waals surface area contributed by atoms with Gasteiger partial charge in [0.2, 0.25) is 0 Å². The number of rotatable bonds is 1. The molecule has 2 rings (SSSR count). The first-order valence-corrected chi connectivity index (χ1v) is 3.75. The van der Waals surface area contributed by atoms with Gasteiger partial charge in [0.25, 0.3) is 0 Å². The normalized spacial score (nSPS) is 39.3. The van der Waals surface area contributed by atoms with E-state index in [0.29, 0.717) is 5.92 Å². The van der Waals surface area contributed by atoms with E-state index in [1.807, 2.05) is 0 Å². The average molecular weight is 166 g/mol. The van der Waals surface area contributed by atoms with Crippen molar-refractivity contribution < 1.29 is 4.39 Å². The first kappa shape index (κ1) is 8.28. The van der Waals surface area contributed by atoms with Crippen molar-refractivity contribution in [1.29, 1.82) is 0 Å². The van der Waals surface area contributed by atoms with Gasteiger partial charge in [0.1, 0.15) is 6.17 Å². The lowest BCUT2D eigenvalue weighted by atomic mass is 10.1. The predicted octanol–water partition coefficient (Wildman–Crippen LogP) is 1.52. The molecule has 0 aromatic heterocycles. The zero-order chi connectivity index (χ0) is 6.27. The summed E-state index contributed by atoms with van der Waals surface area (Å²) in [5.74, 6) is 0.683. The Morgan fingerprint density at radius 3 is 2.30 bits per heavy atom. The highest BCUT2D eigenvalue weighted by Gasteiger charge is 2.39. The van der Waals surface area contributed by atoms with E-state index < -0.39 is 6.17 Å². The van der Waals surface area contributed by atoms with Crippen LogP contribution in [0.2, 0.25) is 0 Å². The number of nitrogens with one attached hydrogen (secondary N) is 1. The molecule has 0 amide bonds. The summed E-state index contributed by atoms with van der Waals surface area (Å²) in [4.78, 5) is 0. The van der Waals surface area contributed by atoms with Crippen LogP contribution < -0.4 is 5.32 Å². The summed E-state index contributed by atoms with van der Waals surface area (Å²) < 4.78 is 12.8. The minimum absolute atomic E-state index is 0. The third-order valence-corrected chi connectivity index (χ3v) is 2.32. The third-order valence-electron chi connectivity index (χ3n) is 2.32. The van der Waals surface area contributed by atoms with Crippen molar-refractivity contribution in [1.82, 2.24) is 5.32 Å². The Kier molecular flexibility index (Phi) is 2.53. The Hall–Kier alpha value is 0.180. The molecule has 1 aliphatic carbocycles. The standard InChI is InChI=1S/C7H12FN.ClH/c8-6-3-4-9-7(6)5-1-2-5;/h5-7,9H,1-4H2;1H. The van der Waals surface area contributed by atoms with Crippen molar-refractivity contribution in [3.05, 3.63) is 0 Å². The van der Waals surface area contributed by atoms with Crippen molar-refractivity contribution >= 4 is 12.4 Å². The van der Waals surface area contributed by atoms with Gasteiger partial charge in [-0.05, 0) is 31.7 Å². The van der Waals surface area contributed by atoms with Crippen molar-refractivity contribution in [3.63, 3.8) is 0 Å². The van der Waals surface area contributed by atoms with Crippen molar-refractivity contribution in [3.8, 4) is 0 Å². The molecule has 60 valence electrons. The van der Waals surface area contributed by atoms with Crippen LogP contribution in [0.1, 0.15) is 19.3 Å². The lowest BCUT2D eigenvalue weighted by molar-refractivity contribution is 0.282. The number of hydrogen-bond donors (Lipinski definition) is 1. The molecular formula is C7H13ClFN. The predicted molar refractivity (Wildman–Crippen MR) is 41.3 cm³/mol. The fraction of sp³-hybridized carbons (Fsp3) is 1.00. The lowest BCUT2D eigenvalue weighted by Crippen LogP contribution is -2.29.